The summed E-state index contributed by atoms with van der Waals surface area (Å²) in [6, 6.07) is 7.10. The summed E-state index contributed by atoms with van der Waals surface area (Å²) in [5, 5.41) is 16.4. The van der Waals surface area contributed by atoms with Gasteiger partial charge in [0.15, 0.2) is 0 Å². The predicted octanol–water partition coefficient (Wildman–Crippen LogP) is 0.494. The summed E-state index contributed by atoms with van der Waals surface area (Å²) in [6.45, 7) is 4.02. The zero-order valence-electron chi connectivity index (χ0n) is 11.8. The highest BCUT2D eigenvalue weighted by Crippen LogP contribution is 2.13. The number of aromatic nitrogens is 4. The Labute approximate surface area is 121 Å². The first-order valence-corrected chi connectivity index (χ1v) is 6.51. The average molecular weight is 288 g/mol. The zero-order chi connectivity index (χ0) is 15.2. The fourth-order valence-corrected chi connectivity index (χ4v) is 1.63. The third kappa shape index (κ3) is 4.10. The molecule has 2 aromatic rings. The summed E-state index contributed by atoms with van der Waals surface area (Å²) in [6.07, 6.45) is 0. The van der Waals surface area contributed by atoms with E-state index in [-0.39, 0.29) is 6.54 Å². The van der Waals surface area contributed by atoms with Gasteiger partial charge in [-0.25, -0.2) is 4.79 Å². The number of imide groups is 1. The molecule has 0 bridgehead atoms. The molecule has 0 aliphatic carbocycles. The molecule has 8 nitrogen and oxygen atoms in total. The second-order valence-electron chi connectivity index (χ2n) is 4.42. The van der Waals surface area contributed by atoms with Gasteiger partial charge < -0.3 is 5.32 Å². The molecule has 0 spiro atoms. The van der Waals surface area contributed by atoms with Gasteiger partial charge in [-0.2, -0.15) is 4.80 Å². The maximum absolute atomic E-state index is 11.6. The lowest BCUT2D eigenvalue weighted by molar-refractivity contribution is -0.121. The van der Waals surface area contributed by atoms with Crippen molar-refractivity contribution in [1.82, 2.24) is 30.8 Å². The number of aryl methyl sites for hydroxylation is 1. The molecule has 3 amide bonds. The molecule has 2 rings (SSSR count). The van der Waals surface area contributed by atoms with Gasteiger partial charge >= 0.3 is 6.03 Å². The van der Waals surface area contributed by atoms with Crippen molar-refractivity contribution in [1.29, 1.82) is 0 Å². The van der Waals surface area contributed by atoms with Crippen LogP contribution in [0.2, 0.25) is 0 Å². The first kappa shape index (κ1) is 14.6. The van der Waals surface area contributed by atoms with Crippen molar-refractivity contribution < 1.29 is 9.59 Å². The number of benzene rings is 1. The van der Waals surface area contributed by atoms with E-state index in [2.05, 4.69) is 26.0 Å². The zero-order valence-corrected chi connectivity index (χ0v) is 11.8. The highest BCUT2D eigenvalue weighted by atomic mass is 16.2. The normalized spacial score (nSPS) is 10.2. The summed E-state index contributed by atoms with van der Waals surface area (Å²) in [5.41, 5.74) is 1.95. The smallest absolute Gasteiger partial charge is 0.321 e. The monoisotopic (exact) mass is 288 g/mol. The highest BCUT2D eigenvalue weighted by molar-refractivity contribution is 5.94. The SMILES string of the molecule is CCNC(=O)NC(=O)Cn1nnc(-c2ccc(C)cc2)n1. The molecule has 0 saturated heterocycles. The molecule has 21 heavy (non-hydrogen) atoms. The molecule has 0 aliphatic rings. The Hall–Kier alpha value is -2.77. The Kier molecular flexibility index (Phi) is 4.60. The van der Waals surface area contributed by atoms with E-state index < -0.39 is 11.9 Å². The fourth-order valence-electron chi connectivity index (χ4n) is 1.63. The first-order chi connectivity index (χ1) is 10.1. The minimum Gasteiger partial charge on any atom is -0.338 e. The Morgan fingerprint density at radius 1 is 1.24 bits per heavy atom. The Morgan fingerprint density at radius 2 is 1.95 bits per heavy atom. The maximum Gasteiger partial charge on any atom is 0.321 e. The van der Waals surface area contributed by atoms with Crippen molar-refractivity contribution in [3.05, 3.63) is 29.8 Å². The van der Waals surface area contributed by atoms with E-state index in [4.69, 9.17) is 0 Å². The van der Waals surface area contributed by atoms with E-state index in [1.807, 2.05) is 31.2 Å². The van der Waals surface area contributed by atoms with Crippen LogP contribution in [0.5, 0.6) is 0 Å². The van der Waals surface area contributed by atoms with Crippen molar-refractivity contribution in [2.24, 2.45) is 0 Å². The van der Waals surface area contributed by atoms with Crippen LogP contribution < -0.4 is 10.6 Å². The second-order valence-corrected chi connectivity index (χ2v) is 4.42. The van der Waals surface area contributed by atoms with Crippen LogP contribution in [0.25, 0.3) is 11.4 Å². The van der Waals surface area contributed by atoms with Gasteiger partial charge in [-0.1, -0.05) is 29.8 Å². The van der Waals surface area contributed by atoms with Crippen LogP contribution in [0.1, 0.15) is 12.5 Å². The van der Waals surface area contributed by atoms with Crippen LogP contribution in [0.15, 0.2) is 24.3 Å². The number of amides is 3. The van der Waals surface area contributed by atoms with Gasteiger partial charge in [-0.15, -0.1) is 10.2 Å². The number of carbonyl (C=O) groups excluding carboxylic acids is 2. The summed E-state index contributed by atoms with van der Waals surface area (Å²) in [7, 11) is 0. The number of tetrazole rings is 1. The minimum atomic E-state index is -0.540. The molecule has 1 heterocycles. The van der Waals surface area contributed by atoms with Crippen LogP contribution in [0.3, 0.4) is 0 Å². The van der Waals surface area contributed by atoms with E-state index in [0.29, 0.717) is 12.4 Å². The molecule has 0 radical (unpaired) electrons. The van der Waals surface area contributed by atoms with E-state index in [0.717, 1.165) is 15.9 Å². The van der Waals surface area contributed by atoms with E-state index in [9.17, 15) is 9.59 Å². The van der Waals surface area contributed by atoms with Crippen molar-refractivity contribution >= 4 is 11.9 Å². The lowest BCUT2D eigenvalue weighted by Crippen LogP contribution is -2.41. The van der Waals surface area contributed by atoms with Gasteiger partial charge in [0, 0.05) is 12.1 Å². The highest BCUT2D eigenvalue weighted by Gasteiger charge is 2.11. The number of rotatable bonds is 4. The van der Waals surface area contributed by atoms with Gasteiger partial charge in [0.05, 0.1) is 0 Å². The van der Waals surface area contributed by atoms with E-state index >= 15 is 0 Å². The van der Waals surface area contributed by atoms with Crippen molar-refractivity contribution in [3.8, 4) is 11.4 Å². The molecular weight excluding hydrogens is 272 g/mol. The van der Waals surface area contributed by atoms with Crippen LogP contribution in [0, 0.1) is 6.92 Å². The molecule has 8 heteroatoms. The summed E-state index contributed by atoms with van der Waals surface area (Å²) < 4.78 is 0. The Morgan fingerprint density at radius 3 is 2.62 bits per heavy atom. The maximum atomic E-state index is 11.6. The number of urea groups is 1. The van der Waals surface area contributed by atoms with Crippen LogP contribution in [-0.4, -0.2) is 38.7 Å². The van der Waals surface area contributed by atoms with Crippen LogP contribution in [-0.2, 0) is 11.3 Å². The summed E-state index contributed by atoms with van der Waals surface area (Å²) in [4.78, 5) is 23.9. The third-order valence-electron chi connectivity index (χ3n) is 2.64. The molecule has 1 aromatic carbocycles. The molecule has 0 saturated carbocycles. The fraction of sp³-hybridized carbons (Fsp3) is 0.308. The summed E-state index contributed by atoms with van der Waals surface area (Å²) >= 11 is 0. The van der Waals surface area contributed by atoms with Gasteiger partial charge in [-0.05, 0) is 19.1 Å². The van der Waals surface area contributed by atoms with E-state index in [1.165, 1.54) is 0 Å². The van der Waals surface area contributed by atoms with Crippen LogP contribution in [0.4, 0.5) is 4.79 Å². The number of carbonyl (C=O) groups is 2. The number of hydrogen-bond acceptors (Lipinski definition) is 5. The first-order valence-electron chi connectivity index (χ1n) is 6.51. The van der Waals surface area contributed by atoms with Gasteiger partial charge in [0.2, 0.25) is 5.82 Å². The average Bonchev–Trinajstić information content (AvgIpc) is 2.88. The molecule has 1 aromatic heterocycles. The topological polar surface area (TPSA) is 102 Å². The molecule has 0 fully saturated rings. The van der Waals surface area contributed by atoms with Crippen molar-refractivity contribution in [2.75, 3.05) is 6.54 Å². The largest absolute Gasteiger partial charge is 0.338 e. The van der Waals surface area contributed by atoms with E-state index in [1.54, 1.807) is 6.92 Å². The molecule has 2 N–H and O–H groups in total. The molecular formula is C13H16N6O2. The number of hydrogen-bond donors (Lipinski definition) is 2. The third-order valence-corrected chi connectivity index (χ3v) is 2.64. The number of nitrogens with zero attached hydrogens (tertiary/aromatic N) is 4. The van der Waals surface area contributed by atoms with Gasteiger partial charge in [0.25, 0.3) is 5.91 Å². The Bertz CT molecular complexity index is 634. The second kappa shape index (κ2) is 6.60. The quantitative estimate of drug-likeness (QED) is 0.852. The molecule has 0 unspecified atom stereocenters. The van der Waals surface area contributed by atoms with Crippen molar-refractivity contribution in [3.63, 3.8) is 0 Å². The lowest BCUT2D eigenvalue weighted by Gasteiger charge is -2.03. The van der Waals surface area contributed by atoms with Gasteiger partial charge in [-0.3, -0.25) is 10.1 Å². The molecule has 0 atom stereocenters. The van der Waals surface area contributed by atoms with Gasteiger partial charge in [0.1, 0.15) is 6.54 Å². The number of nitrogens with one attached hydrogen (secondary N) is 2. The lowest BCUT2D eigenvalue weighted by atomic mass is 10.1. The molecule has 110 valence electrons. The molecule has 0 aliphatic heterocycles. The standard InChI is InChI=1S/C13H16N6O2/c1-3-14-13(21)15-11(20)8-19-17-12(16-18-19)10-6-4-9(2)5-7-10/h4-7H,3,8H2,1-2H3,(H2,14,15,20,21). The predicted molar refractivity (Wildman–Crippen MR) is 75.2 cm³/mol. The summed E-state index contributed by atoms with van der Waals surface area (Å²) in [5.74, 6) is -0.0744. The van der Waals surface area contributed by atoms with Crippen molar-refractivity contribution in [2.45, 2.75) is 20.4 Å². The van der Waals surface area contributed by atoms with Crippen LogP contribution >= 0.6 is 0 Å². The Balaban J connectivity index is 1.98. The minimum absolute atomic E-state index is 0.171.